The van der Waals surface area contributed by atoms with E-state index < -0.39 is 16.1 Å². The third kappa shape index (κ3) is 2.71. The van der Waals surface area contributed by atoms with Gasteiger partial charge in [0.2, 0.25) is 15.9 Å². The molecule has 0 aliphatic carbocycles. The van der Waals surface area contributed by atoms with Crippen LogP contribution >= 0.6 is 11.6 Å². The highest BCUT2D eigenvalue weighted by atomic mass is 35.5. The first-order valence-electron chi connectivity index (χ1n) is 5.08. The molecule has 1 amide bonds. The fraction of sp³-hybridized carbons (Fsp3) is 0.333. The van der Waals surface area contributed by atoms with E-state index in [-0.39, 0.29) is 34.6 Å². The lowest BCUT2D eigenvalue weighted by molar-refractivity contribution is -0.119. The second-order valence-electron chi connectivity index (χ2n) is 3.86. The lowest BCUT2D eigenvalue weighted by atomic mass is 10.3. The molecule has 1 fully saturated rings. The Kier molecular flexibility index (Phi) is 3.42. The maximum atomic E-state index is 12.0. The standard InChI is InChI=1S/C9H11ClN4O3S/c10-7-2-6(4-13-9(7)11)18(16,17)14-5-1-8(15)12-3-5/h2,4-5,14H,1,3H2,(H2,11,13)(H,12,15). The molecule has 0 spiro atoms. The smallest absolute Gasteiger partial charge is 0.242 e. The van der Waals surface area contributed by atoms with Gasteiger partial charge in [-0.05, 0) is 6.07 Å². The molecule has 0 radical (unpaired) electrons. The van der Waals surface area contributed by atoms with Crippen LogP contribution in [-0.4, -0.2) is 31.9 Å². The summed E-state index contributed by atoms with van der Waals surface area (Å²) in [5, 5.41) is 2.60. The number of pyridine rings is 1. The van der Waals surface area contributed by atoms with Crippen molar-refractivity contribution in [1.82, 2.24) is 15.0 Å². The fourth-order valence-electron chi connectivity index (χ4n) is 1.55. The van der Waals surface area contributed by atoms with Crippen molar-refractivity contribution in [3.63, 3.8) is 0 Å². The maximum absolute atomic E-state index is 12.0. The number of anilines is 1. The first kappa shape index (κ1) is 13.1. The van der Waals surface area contributed by atoms with Gasteiger partial charge in [0.25, 0.3) is 0 Å². The number of hydrogen-bond acceptors (Lipinski definition) is 5. The summed E-state index contributed by atoms with van der Waals surface area (Å²) in [6, 6.07) is 0.759. The maximum Gasteiger partial charge on any atom is 0.242 e. The Morgan fingerprint density at radius 3 is 2.83 bits per heavy atom. The Morgan fingerprint density at radius 2 is 2.28 bits per heavy atom. The summed E-state index contributed by atoms with van der Waals surface area (Å²) in [5.74, 6) is -0.121. The topological polar surface area (TPSA) is 114 Å². The Morgan fingerprint density at radius 1 is 1.56 bits per heavy atom. The molecule has 2 heterocycles. The molecule has 0 aromatic carbocycles. The Labute approximate surface area is 109 Å². The third-order valence-corrected chi connectivity index (χ3v) is 4.24. The largest absolute Gasteiger partial charge is 0.382 e. The number of amides is 1. The van der Waals surface area contributed by atoms with E-state index in [1.165, 1.54) is 6.07 Å². The van der Waals surface area contributed by atoms with Crippen molar-refractivity contribution in [1.29, 1.82) is 0 Å². The normalized spacial score (nSPS) is 19.8. The van der Waals surface area contributed by atoms with Crippen LogP contribution in [0.1, 0.15) is 6.42 Å². The third-order valence-electron chi connectivity index (χ3n) is 2.45. The number of carbonyl (C=O) groups excluding carboxylic acids is 1. The van der Waals surface area contributed by atoms with E-state index in [9.17, 15) is 13.2 Å². The molecular formula is C9H11ClN4O3S. The Bertz CT molecular complexity index is 589. The lowest BCUT2D eigenvalue weighted by Crippen LogP contribution is -2.36. The first-order chi connectivity index (χ1) is 8.38. The van der Waals surface area contributed by atoms with E-state index in [1.807, 2.05) is 0 Å². The zero-order valence-electron chi connectivity index (χ0n) is 9.18. The van der Waals surface area contributed by atoms with Crippen LogP contribution in [-0.2, 0) is 14.8 Å². The molecule has 1 aromatic rings. The van der Waals surface area contributed by atoms with Gasteiger partial charge in [0.05, 0.1) is 5.02 Å². The van der Waals surface area contributed by atoms with Crippen LogP contribution in [0.25, 0.3) is 0 Å². The van der Waals surface area contributed by atoms with Gasteiger partial charge in [0.15, 0.2) is 0 Å². The van der Waals surface area contributed by atoms with Gasteiger partial charge in [0, 0.05) is 25.2 Å². The van der Waals surface area contributed by atoms with Crippen molar-refractivity contribution in [2.45, 2.75) is 17.4 Å². The highest BCUT2D eigenvalue weighted by Gasteiger charge is 2.27. The molecule has 1 atom stereocenters. The van der Waals surface area contributed by atoms with E-state index in [0.29, 0.717) is 0 Å². The molecule has 0 bridgehead atoms. The highest BCUT2D eigenvalue weighted by Crippen LogP contribution is 2.20. The van der Waals surface area contributed by atoms with Crippen LogP contribution in [0, 0.1) is 0 Å². The zero-order chi connectivity index (χ0) is 13.3. The quantitative estimate of drug-likeness (QED) is 0.693. The number of hydrogen-bond donors (Lipinski definition) is 3. The summed E-state index contributed by atoms with van der Waals surface area (Å²) < 4.78 is 26.3. The van der Waals surface area contributed by atoms with Crippen molar-refractivity contribution in [2.24, 2.45) is 0 Å². The summed E-state index contributed by atoms with van der Waals surface area (Å²) in [4.78, 5) is 14.6. The van der Waals surface area contributed by atoms with Gasteiger partial charge < -0.3 is 11.1 Å². The van der Waals surface area contributed by atoms with Gasteiger partial charge in [-0.15, -0.1) is 0 Å². The molecule has 1 saturated heterocycles. The minimum Gasteiger partial charge on any atom is -0.382 e. The average Bonchev–Trinajstić information content (AvgIpc) is 2.67. The minimum atomic E-state index is -3.75. The van der Waals surface area contributed by atoms with Crippen molar-refractivity contribution in [2.75, 3.05) is 12.3 Å². The highest BCUT2D eigenvalue weighted by molar-refractivity contribution is 7.89. The second kappa shape index (κ2) is 4.71. The van der Waals surface area contributed by atoms with E-state index >= 15 is 0 Å². The van der Waals surface area contributed by atoms with Gasteiger partial charge in [-0.2, -0.15) is 0 Å². The van der Waals surface area contributed by atoms with Crippen LogP contribution in [0.15, 0.2) is 17.2 Å². The molecule has 1 unspecified atom stereocenters. The average molecular weight is 291 g/mol. The number of carbonyl (C=O) groups is 1. The van der Waals surface area contributed by atoms with E-state index in [2.05, 4.69) is 15.0 Å². The molecule has 1 aromatic heterocycles. The molecule has 18 heavy (non-hydrogen) atoms. The summed E-state index contributed by atoms with van der Waals surface area (Å²) in [6.07, 6.45) is 1.24. The van der Waals surface area contributed by atoms with Gasteiger partial charge in [-0.25, -0.2) is 18.1 Å². The summed E-state index contributed by atoms with van der Waals surface area (Å²) >= 11 is 5.71. The predicted molar refractivity (Wildman–Crippen MR) is 65.4 cm³/mol. The van der Waals surface area contributed by atoms with Gasteiger partial charge in [0.1, 0.15) is 10.7 Å². The van der Waals surface area contributed by atoms with Gasteiger partial charge in [-0.1, -0.05) is 11.6 Å². The van der Waals surface area contributed by atoms with Crippen molar-refractivity contribution in [3.8, 4) is 0 Å². The van der Waals surface area contributed by atoms with Crippen LogP contribution in [0.4, 0.5) is 5.82 Å². The summed E-state index contributed by atoms with van der Waals surface area (Å²) in [5.41, 5.74) is 5.40. The zero-order valence-corrected chi connectivity index (χ0v) is 10.8. The molecule has 4 N–H and O–H groups in total. The predicted octanol–water partition coefficient (Wildman–Crippen LogP) is -0.516. The van der Waals surface area contributed by atoms with E-state index in [1.54, 1.807) is 0 Å². The molecule has 1 aliphatic heterocycles. The van der Waals surface area contributed by atoms with Gasteiger partial charge in [-0.3, -0.25) is 4.79 Å². The number of sulfonamides is 1. The number of nitrogens with one attached hydrogen (secondary N) is 2. The molecule has 2 rings (SSSR count). The molecule has 1 aliphatic rings. The van der Waals surface area contributed by atoms with E-state index in [0.717, 1.165) is 6.20 Å². The number of nitrogen functional groups attached to an aromatic ring is 1. The summed E-state index contributed by atoms with van der Waals surface area (Å²) in [7, 11) is -3.75. The molecule has 9 heteroatoms. The molecular weight excluding hydrogens is 280 g/mol. The van der Waals surface area contributed by atoms with Crippen LogP contribution in [0.5, 0.6) is 0 Å². The number of rotatable bonds is 3. The minimum absolute atomic E-state index is 0.0633. The molecule has 98 valence electrons. The van der Waals surface area contributed by atoms with Crippen LogP contribution in [0.2, 0.25) is 5.02 Å². The SMILES string of the molecule is Nc1ncc(S(=O)(=O)NC2CNC(=O)C2)cc1Cl. The van der Waals surface area contributed by atoms with Crippen molar-refractivity contribution >= 4 is 33.3 Å². The van der Waals surface area contributed by atoms with Gasteiger partial charge >= 0.3 is 0 Å². The number of nitrogens with two attached hydrogens (primary N) is 1. The van der Waals surface area contributed by atoms with Crippen molar-refractivity contribution < 1.29 is 13.2 Å². The molecule has 7 nitrogen and oxygen atoms in total. The van der Waals surface area contributed by atoms with Crippen LogP contribution in [0.3, 0.4) is 0 Å². The first-order valence-corrected chi connectivity index (χ1v) is 6.94. The number of nitrogens with zero attached hydrogens (tertiary/aromatic N) is 1. The van der Waals surface area contributed by atoms with Crippen molar-refractivity contribution in [3.05, 3.63) is 17.3 Å². The fourth-order valence-corrected chi connectivity index (χ4v) is 2.99. The number of halogens is 1. The van der Waals surface area contributed by atoms with E-state index in [4.69, 9.17) is 17.3 Å². The lowest BCUT2D eigenvalue weighted by Gasteiger charge is -2.11. The summed E-state index contributed by atoms with van der Waals surface area (Å²) in [6.45, 7) is 0.272. The monoisotopic (exact) mass is 290 g/mol. The second-order valence-corrected chi connectivity index (χ2v) is 5.99. The Balaban J connectivity index is 2.20. The Hall–Kier alpha value is -1.38. The number of aromatic nitrogens is 1. The molecule has 0 saturated carbocycles. The van der Waals surface area contributed by atoms with Crippen LogP contribution < -0.4 is 15.8 Å².